The van der Waals surface area contributed by atoms with Gasteiger partial charge in [0.2, 0.25) is 5.91 Å². The van der Waals surface area contributed by atoms with Gasteiger partial charge < -0.3 is 15.4 Å². The van der Waals surface area contributed by atoms with Crippen LogP contribution in [0.5, 0.6) is 0 Å². The molecule has 1 atom stereocenters. The molecule has 5 nitrogen and oxygen atoms in total. The van der Waals surface area contributed by atoms with E-state index in [0.29, 0.717) is 26.2 Å². The van der Waals surface area contributed by atoms with Gasteiger partial charge in [-0.3, -0.25) is 9.69 Å². The summed E-state index contributed by atoms with van der Waals surface area (Å²) in [5, 5.41) is 6.04. The van der Waals surface area contributed by atoms with Crippen molar-refractivity contribution in [2.75, 3.05) is 46.4 Å². The highest BCUT2D eigenvalue weighted by Crippen LogP contribution is 2.21. The van der Waals surface area contributed by atoms with E-state index in [1.807, 2.05) is 7.05 Å². The number of carbonyl (C=O) groups excluding carboxylic acids is 1. The number of halogens is 3. The van der Waals surface area contributed by atoms with Crippen molar-refractivity contribution in [2.45, 2.75) is 18.9 Å². The summed E-state index contributed by atoms with van der Waals surface area (Å²) in [5.74, 6) is -0.189. The van der Waals surface area contributed by atoms with Crippen molar-refractivity contribution in [1.82, 2.24) is 15.5 Å². The van der Waals surface area contributed by atoms with Gasteiger partial charge in [-0.1, -0.05) is 12.1 Å². The molecule has 1 heterocycles. The number of hydrogen-bond acceptors (Lipinski definition) is 4. The number of hydrogen-bond donors (Lipinski definition) is 2. The summed E-state index contributed by atoms with van der Waals surface area (Å²) in [5.41, 5.74) is 1.02. The van der Waals surface area contributed by atoms with Crippen LogP contribution in [-0.2, 0) is 9.53 Å². The first-order chi connectivity index (χ1) is 11.2. The Labute approximate surface area is 161 Å². The lowest BCUT2D eigenvalue weighted by Crippen LogP contribution is -2.43. The van der Waals surface area contributed by atoms with Crippen LogP contribution < -0.4 is 10.6 Å². The Morgan fingerprint density at radius 2 is 1.88 bits per heavy atom. The second kappa shape index (κ2) is 13.3. The van der Waals surface area contributed by atoms with Crippen LogP contribution in [0.2, 0.25) is 0 Å². The Balaban J connectivity index is 0.00000288. The van der Waals surface area contributed by atoms with E-state index in [2.05, 4.69) is 15.5 Å². The second-order valence-electron chi connectivity index (χ2n) is 5.73. The SMILES string of the molecule is CNCCCC(=O)NCC(c1ccc(F)cc1)N1CCOCC1.Cl.Cl. The molecular weight excluding hydrogens is 368 g/mol. The van der Waals surface area contributed by atoms with Crippen LogP contribution >= 0.6 is 24.8 Å². The van der Waals surface area contributed by atoms with Crippen molar-refractivity contribution in [1.29, 1.82) is 0 Å². The van der Waals surface area contributed by atoms with Gasteiger partial charge in [-0.15, -0.1) is 24.8 Å². The molecule has 0 spiro atoms. The largest absolute Gasteiger partial charge is 0.379 e. The molecule has 1 amide bonds. The lowest BCUT2D eigenvalue weighted by molar-refractivity contribution is -0.121. The minimum atomic E-state index is -0.245. The standard InChI is InChI=1S/C17H26FN3O2.2ClH/c1-19-8-2-3-17(22)20-13-16(21-9-11-23-12-10-21)14-4-6-15(18)7-5-14;;/h4-7,16,19H,2-3,8-13H2,1H3,(H,20,22);2*1H. The van der Waals surface area contributed by atoms with Crippen molar-refractivity contribution in [3.63, 3.8) is 0 Å². The third-order valence-electron chi connectivity index (χ3n) is 4.06. The number of rotatable bonds is 8. The predicted molar refractivity (Wildman–Crippen MR) is 102 cm³/mol. The third-order valence-corrected chi connectivity index (χ3v) is 4.06. The normalized spacial score (nSPS) is 15.6. The van der Waals surface area contributed by atoms with Gasteiger partial charge >= 0.3 is 0 Å². The van der Waals surface area contributed by atoms with E-state index in [1.54, 1.807) is 12.1 Å². The monoisotopic (exact) mass is 395 g/mol. The van der Waals surface area contributed by atoms with Gasteiger partial charge in [0.15, 0.2) is 0 Å². The van der Waals surface area contributed by atoms with Crippen LogP contribution in [-0.4, -0.2) is 57.2 Å². The summed E-state index contributed by atoms with van der Waals surface area (Å²) < 4.78 is 18.6. The molecule has 144 valence electrons. The molecule has 0 bridgehead atoms. The van der Waals surface area contributed by atoms with E-state index in [-0.39, 0.29) is 42.6 Å². The number of amides is 1. The minimum absolute atomic E-state index is 0. The van der Waals surface area contributed by atoms with Crippen molar-refractivity contribution >= 4 is 30.7 Å². The Hall–Kier alpha value is -0.920. The predicted octanol–water partition coefficient (Wildman–Crippen LogP) is 2.16. The van der Waals surface area contributed by atoms with Gasteiger partial charge in [-0.25, -0.2) is 4.39 Å². The lowest BCUT2D eigenvalue weighted by Gasteiger charge is -2.35. The molecule has 0 saturated carbocycles. The minimum Gasteiger partial charge on any atom is -0.379 e. The van der Waals surface area contributed by atoms with Gasteiger partial charge in [-0.2, -0.15) is 0 Å². The summed E-state index contributed by atoms with van der Waals surface area (Å²) in [7, 11) is 1.88. The number of morpholine rings is 1. The zero-order valence-electron chi connectivity index (χ0n) is 14.5. The molecule has 0 radical (unpaired) electrons. The molecular formula is C17H28Cl2FN3O2. The summed E-state index contributed by atoms with van der Waals surface area (Å²) in [6.07, 6.45) is 1.33. The molecule has 1 aromatic rings. The van der Waals surface area contributed by atoms with Gasteiger partial charge in [0, 0.05) is 26.1 Å². The fourth-order valence-electron chi connectivity index (χ4n) is 2.76. The summed E-state index contributed by atoms with van der Waals surface area (Å²) in [4.78, 5) is 14.2. The van der Waals surface area contributed by atoms with Gasteiger partial charge in [-0.05, 0) is 37.7 Å². The molecule has 0 aliphatic carbocycles. The molecule has 0 aromatic heterocycles. The average molecular weight is 396 g/mol. The molecule has 8 heteroatoms. The summed E-state index contributed by atoms with van der Waals surface area (Å²) in [6.45, 7) is 4.37. The highest BCUT2D eigenvalue weighted by atomic mass is 35.5. The fraction of sp³-hybridized carbons (Fsp3) is 0.588. The molecule has 1 unspecified atom stereocenters. The number of carbonyl (C=O) groups is 1. The maximum atomic E-state index is 13.2. The van der Waals surface area contributed by atoms with E-state index in [1.165, 1.54) is 12.1 Å². The highest BCUT2D eigenvalue weighted by molar-refractivity contribution is 5.85. The van der Waals surface area contributed by atoms with Gasteiger partial charge in [0.1, 0.15) is 5.82 Å². The van der Waals surface area contributed by atoms with Crippen molar-refractivity contribution in [3.05, 3.63) is 35.6 Å². The molecule has 1 saturated heterocycles. The average Bonchev–Trinajstić information content (AvgIpc) is 2.58. The zero-order chi connectivity index (χ0) is 16.5. The van der Waals surface area contributed by atoms with E-state index in [9.17, 15) is 9.18 Å². The number of nitrogens with one attached hydrogen (secondary N) is 2. The Morgan fingerprint density at radius 1 is 1.24 bits per heavy atom. The van der Waals surface area contributed by atoms with Crippen LogP contribution in [0, 0.1) is 5.82 Å². The topological polar surface area (TPSA) is 53.6 Å². The van der Waals surface area contributed by atoms with Crippen LogP contribution in [0.3, 0.4) is 0 Å². The van der Waals surface area contributed by atoms with Crippen molar-refractivity contribution < 1.29 is 13.9 Å². The van der Waals surface area contributed by atoms with Gasteiger partial charge in [0.05, 0.1) is 19.3 Å². The molecule has 1 aromatic carbocycles. The summed E-state index contributed by atoms with van der Waals surface area (Å²) in [6, 6.07) is 6.58. The molecule has 1 fully saturated rings. The lowest BCUT2D eigenvalue weighted by atomic mass is 10.0. The Bertz CT molecular complexity index is 485. The molecule has 25 heavy (non-hydrogen) atoms. The molecule has 2 N–H and O–H groups in total. The van der Waals surface area contributed by atoms with E-state index < -0.39 is 0 Å². The van der Waals surface area contributed by atoms with Crippen LogP contribution in [0.25, 0.3) is 0 Å². The molecule has 1 aliphatic heterocycles. The van der Waals surface area contributed by atoms with Crippen LogP contribution in [0.1, 0.15) is 24.4 Å². The van der Waals surface area contributed by atoms with E-state index in [0.717, 1.165) is 31.6 Å². The zero-order valence-corrected chi connectivity index (χ0v) is 16.1. The first kappa shape index (κ1) is 24.1. The third kappa shape index (κ3) is 8.33. The molecule has 1 aliphatic rings. The van der Waals surface area contributed by atoms with Crippen molar-refractivity contribution in [2.24, 2.45) is 0 Å². The Morgan fingerprint density at radius 3 is 2.48 bits per heavy atom. The van der Waals surface area contributed by atoms with E-state index in [4.69, 9.17) is 4.74 Å². The first-order valence-electron chi connectivity index (χ1n) is 8.19. The second-order valence-corrected chi connectivity index (χ2v) is 5.73. The van der Waals surface area contributed by atoms with Crippen molar-refractivity contribution in [3.8, 4) is 0 Å². The van der Waals surface area contributed by atoms with Crippen LogP contribution in [0.15, 0.2) is 24.3 Å². The fourth-order valence-corrected chi connectivity index (χ4v) is 2.76. The number of nitrogens with zero attached hydrogens (tertiary/aromatic N) is 1. The van der Waals surface area contributed by atoms with E-state index >= 15 is 0 Å². The first-order valence-corrected chi connectivity index (χ1v) is 8.19. The quantitative estimate of drug-likeness (QED) is 0.662. The molecule has 2 rings (SSSR count). The highest BCUT2D eigenvalue weighted by Gasteiger charge is 2.23. The smallest absolute Gasteiger partial charge is 0.220 e. The van der Waals surface area contributed by atoms with Crippen LogP contribution in [0.4, 0.5) is 4.39 Å². The maximum absolute atomic E-state index is 13.2. The summed E-state index contributed by atoms with van der Waals surface area (Å²) >= 11 is 0. The number of ether oxygens (including phenoxy) is 1. The maximum Gasteiger partial charge on any atom is 0.220 e. The number of benzene rings is 1. The Kier molecular flexibility index (Phi) is 12.8. The van der Waals surface area contributed by atoms with Gasteiger partial charge in [0.25, 0.3) is 0 Å².